The van der Waals surface area contributed by atoms with Crippen molar-refractivity contribution in [3.8, 4) is 5.75 Å². The molecule has 0 aliphatic heterocycles. The van der Waals surface area contributed by atoms with Crippen molar-refractivity contribution in [3.05, 3.63) is 48.5 Å². The van der Waals surface area contributed by atoms with Gasteiger partial charge in [-0.05, 0) is 31.2 Å². The van der Waals surface area contributed by atoms with Gasteiger partial charge in [0, 0.05) is 0 Å². The first-order valence-corrected chi connectivity index (χ1v) is 6.80. The third-order valence-corrected chi connectivity index (χ3v) is 2.85. The number of hydrogen-bond acceptors (Lipinski definition) is 4. The minimum absolute atomic E-state index is 0.387. The van der Waals surface area contributed by atoms with Gasteiger partial charge in [0.25, 0.3) is 0 Å². The van der Waals surface area contributed by atoms with Gasteiger partial charge in [0.15, 0.2) is 0 Å². The van der Waals surface area contributed by atoms with E-state index in [9.17, 15) is 9.59 Å². The smallest absolute Gasteiger partial charge is 0.314 e. The van der Waals surface area contributed by atoms with E-state index in [1.807, 2.05) is 6.92 Å². The third-order valence-electron chi connectivity index (χ3n) is 2.85. The molecule has 0 spiro atoms. The lowest BCUT2D eigenvalue weighted by atomic mass is 10.2. The van der Waals surface area contributed by atoms with Gasteiger partial charge in [0.1, 0.15) is 5.75 Å². The van der Waals surface area contributed by atoms with Gasteiger partial charge in [-0.25, -0.2) is 0 Å². The van der Waals surface area contributed by atoms with E-state index in [-0.39, 0.29) is 0 Å². The van der Waals surface area contributed by atoms with Crippen molar-refractivity contribution in [1.82, 2.24) is 0 Å². The largest absolute Gasteiger partial charge is 0.492 e. The summed E-state index contributed by atoms with van der Waals surface area (Å²) < 4.78 is 5.39. The van der Waals surface area contributed by atoms with Crippen LogP contribution >= 0.6 is 0 Å². The summed E-state index contributed by atoms with van der Waals surface area (Å²) in [6, 6.07) is 13.6. The molecule has 2 amide bonds. The molecule has 0 heterocycles. The molecule has 0 atom stereocenters. The Morgan fingerprint density at radius 1 is 0.955 bits per heavy atom. The molecule has 6 nitrogen and oxygen atoms in total. The number of para-hydroxylation sites is 4. The molecule has 114 valence electrons. The van der Waals surface area contributed by atoms with Crippen molar-refractivity contribution in [2.45, 2.75) is 6.92 Å². The van der Waals surface area contributed by atoms with E-state index < -0.39 is 11.8 Å². The maximum atomic E-state index is 12.0. The molecule has 0 radical (unpaired) electrons. The van der Waals surface area contributed by atoms with Gasteiger partial charge >= 0.3 is 11.8 Å². The summed E-state index contributed by atoms with van der Waals surface area (Å²) in [5.74, 6) is -1.09. The van der Waals surface area contributed by atoms with Gasteiger partial charge in [-0.1, -0.05) is 24.3 Å². The van der Waals surface area contributed by atoms with Crippen LogP contribution in [0, 0.1) is 0 Å². The summed E-state index contributed by atoms with van der Waals surface area (Å²) in [5.41, 5.74) is 6.93. The number of carbonyl (C=O) groups is 2. The highest BCUT2D eigenvalue weighted by atomic mass is 16.5. The van der Waals surface area contributed by atoms with Crippen LogP contribution in [0.5, 0.6) is 5.75 Å². The van der Waals surface area contributed by atoms with Crippen LogP contribution in [0.25, 0.3) is 0 Å². The lowest BCUT2D eigenvalue weighted by molar-refractivity contribution is -0.133. The third kappa shape index (κ3) is 3.76. The van der Waals surface area contributed by atoms with Crippen molar-refractivity contribution in [3.63, 3.8) is 0 Å². The zero-order valence-corrected chi connectivity index (χ0v) is 12.1. The number of amides is 2. The van der Waals surface area contributed by atoms with Crippen LogP contribution in [-0.2, 0) is 9.59 Å². The second-order valence-electron chi connectivity index (χ2n) is 4.42. The van der Waals surface area contributed by atoms with E-state index in [0.717, 1.165) is 0 Å². The Morgan fingerprint density at radius 2 is 1.50 bits per heavy atom. The molecule has 0 aromatic heterocycles. The Labute approximate surface area is 128 Å². The molecule has 0 saturated heterocycles. The number of nitrogens with one attached hydrogen (secondary N) is 2. The van der Waals surface area contributed by atoms with Crippen LogP contribution in [0.2, 0.25) is 0 Å². The summed E-state index contributed by atoms with van der Waals surface area (Å²) in [4.78, 5) is 23.9. The maximum Gasteiger partial charge on any atom is 0.314 e. The second-order valence-corrected chi connectivity index (χ2v) is 4.42. The van der Waals surface area contributed by atoms with Crippen LogP contribution in [0.4, 0.5) is 17.1 Å². The SMILES string of the molecule is CCOc1ccccc1NC(=O)C(=O)Nc1ccccc1N. The van der Waals surface area contributed by atoms with Crippen molar-refractivity contribution in [2.24, 2.45) is 0 Å². The monoisotopic (exact) mass is 299 g/mol. The number of carbonyl (C=O) groups excluding carboxylic acids is 2. The zero-order valence-electron chi connectivity index (χ0n) is 12.1. The number of anilines is 3. The lowest BCUT2D eigenvalue weighted by Crippen LogP contribution is -2.29. The number of nitrogens with two attached hydrogens (primary N) is 1. The van der Waals surface area contributed by atoms with E-state index in [1.165, 1.54) is 0 Å². The molecule has 6 heteroatoms. The molecular formula is C16H17N3O3. The van der Waals surface area contributed by atoms with Crippen LogP contribution in [0.15, 0.2) is 48.5 Å². The molecule has 2 aromatic carbocycles. The fourth-order valence-electron chi connectivity index (χ4n) is 1.82. The minimum Gasteiger partial charge on any atom is -0.492 e. The average molecular weight is 299 g/mol. The molecule has 0 aliphatic rings. The molecular weight excluding hydrogens is 282 g/mol. The first-order valence-electron chi connectivity index (χ1n) is 6.80. The topological polar surface area (TPSA) is 93.4 Å². The number of rotatable bonds is 4. The van der Waals surface area contributed by atoms with Crippen molar-refractivity contribution < 1.29 is 14.3 Å². The van der Waals surface area contributed by atoms with Crippen molar-refractivity contribution in [1.29, 1.82) is 0 Å². The highest BCUT2D eigenvalue weighted by molar-refractivity contribution is 6.44. The van der Waals surface area contributed by atoms with Gasteiger partial charge < -0.3 is 21.1 Å². The summed E-state index contributed by atoms with van der Waals surface area (Å²) in [6.07, 6.45) is 0. The predicted molar refractivity (Wildman–Crippen MR) is 85.7 cm³/mol. The summed E-state index contributed by atoms with van der Waals surface area (Å²) in [6.45, 7) is 2.29. The Bertz CT molecular complexity index is 686. The van der Waals surface area contributed by atoms with Crippen LogP contribution in [-0.4, -0.2) is 18.4 Å². The van der Waals surface area contributed by atoms with Gasteiger partial charge in [0.2, 0.25) is 0 Å². The number of nitrogen functional groups attached to an aromatic ring is 1. The summed E-state index contributed by atoms with van der Waals surface area (Å²) >= 11 is 0. The summed E-state index contributed by atoms with van der Waals surface area (Å²) in [7, 11) is 0. The van der Waals surface area contributed by atoms with Gasteiger partial charge in [-0.3, -0.25) is 9.59 Å². The Kier molecular flexibility index (Phi) is 4.98. The highest BCUT2D eigenvalue weighted by Gasteiger charge is 2.16. The quantitative estimate of drug-likeness (QED) is 0.596. The van der Waals surface area contributed by atoms with Crippen molar-refractivity contribution >= 4 is 28.9 Å². The first-order chi connectivity index (χ1) is 10.6. The number of benzene rings is 2. The molecule has 2 rings (SSSR count). The Morgan fingerprint density at radius 3 is 2.14 bits per heavy atom. The Hall–Kier alpha value is -3.02. The predicted octanol–water partition coefficient (Wildman–Crippen LogP) is 2.24. The highest BCUT2D eigenvalue weighted by Crippen LogP contribution is 2.23. The molecule has 0 unspecified atom stereocenters. The Balaban J connectivity index is 2.06. The van der Waals surface area contributed by atoms with Gasteiger partial charge in [-0.2, -0.15) is 0 Å². The second kappa shape index (κ2) is 7.12. The average Bonchev–Trinajstić information content (AvgIpc) is 2.51. The maximum absolute atomic E-state index is 12.0. The summed E-state index contributed by atoms with van der Waals surface area (Å²) in [5, 5.41) is 4.98. The molecule has 2 aromatic rings. The van der Waals surface area contributed by atoms with Crippen LogP contribution in [0.3, 0.4) is 0 Å². The van der Waals surface area contributed by atoms with E-state index in [4.69, 9.17) is 10.5 Å². The standard InChI is InChI=1S/C16H17N3O3/c1-2-22-14-10-6-5-9-13(14)19-16(21)15(20)18-12-8-4-3-7-11(12)17/h3-10H,2,17H2,1H3,(H,18,20)(H,19,21). The normalized spacial score (nSPS) is 9.86. The number of hydrogen-bond donors (Lipinski definition) is 3. The van der Waals surface area contributed by atoms with Crippen molar-refractivity contribution in [2.75, 3.05) is 23.0 Å². The van der Waals surface area contributed by atoms with E-state index >= 15 is 0 Å². The van der Waals surface area contributed by atoms with Gasteiger partial charge in [0.05, 0.1) is 23.7 Å². The molecule has 0 fully saturated rings. The van der Waals surface area contributed by atoms with E-state index in [1.54, 1.807) is 48.5 Å². The van der Waals surface area contributed by atoms with E-state index in [2.05, 4.69) is 10.6 Å². The lowest BCUT2D eigenvalue weighted by Gasteiger charge is -2.11. The van der Waals surface area contributed by atoms with Crippen LogP contribution < -0.4 is 21.1 Å². The van der Waals surface area contributed by atoms with Gasteiger partial charge in [-0.15, -0.1) is 0 Å². The molecule has 4 N–H and O–H groups in total. The first kappa shape index (κ1) is 15.4. The van der Waals surface area contributed by atoms with E-state index in [0.29, 0.717) is 29.4 Å². The molecule has 0 saturated carbocycles. The molecule has 0 aliphatic carbocycles. The zero-order chi connectivity index (χ0) is 15.9. The fraction of sp³-hybridized carbons (Fsp3) is 0.125. The molecule has 22 heavy (non-hydrogen) atoms. The number of ether oxygens (including phenoxy) is 1. The molecule has 0 bridgehead atoms. The minimum atomic E-state index is -0.802. The fourth-order valence-corrected chi connectivity index (χ4v) is 1.82. The van der Waals surface area contributed by atoms with Crippen LogP contribution in [0.1, 0.15) is 6.92 Å².